The van der Waals surface area contributed by atoms with Crippen LogP contribution >= 0.6 is 0 Å². The summed E-state index contributed by atoms with van der Waals surface area (Å²) in [7, 11) is 2.11. The molecule has 3 nitrogen and oxygen atoms in total. The summed E-state index contributed by atoms with van der Waals surface area (Å²) < 4.78 is 8.14. The van der Waals surface area contributed by atoms with Gasteiger partial charge in [0.2, 0.25) is 5.69 Å². The lowest BCUT2D eigenvalue weighted by Crippen LogP contribution is -2.31. The molecule has 0 fully saturated rings. The van der Waals surface area contributed by atoms with Gasteiger partial charge >= 0.3 is 0 Å². The summed E-state index contributed by atoms with van der Waals surface area (Å²) in [4.78, 5) is 4.49. The number of fused-ring (bicyclic) bond motifs is 3. The minimum Gasteiger partial charge on any atom is -0.454 e. The molecule has 0 saturated carbocycles. The van der Waals surface area contributed by atoms with E-state index < -0.39 is 0 Å². The molecular weight excluding hydrogens is 296 g/mol. The first-order chi connectivity index (χ1) is 11.5. The fourth-order valence-electron chi connectivity index (χ4n) is 3.27. The molecule has 0 aliphatic heterocycles. The molecule has 0 radical (unpaired) electrons. The van der Waals surface area contributed by atoms with Gasteiger partial charge < -0.3 is 4.42 Å². The van der Waals surface area contributed by atoms with Gasteiger partial charge in [-0.05, 0) is 48.7 Å². The van der Waals surface area contributed by atoms with Crippen LogP contribution in [0.5, 0.6) is 0 Å². The summed E-state index contributed by atoms with van der Waals surface area (Å²) in [5.74, 6) is 0.524. The van der Waals surface area contributed by atoms with Gasteiger partial charge in [-0.1, -0.05) is 13.8 Å². The number of rotatable bonds is 2. The van der Waals surface area contributed by atoms with E-state index in [1.807, 2.05) is 18.3 Å². The van der Waals surface area contributed by atoms with E-state index in [0.717, 1.165) is 22.1 Å². The minimum atomic E-state index is 0.524. The Kier molecular flexibility index (Phi) is 3.38. The predicted octanol–water partition coefficient (Wildman–Crippen LogP) is 4.90. The van der Waals surface area contributed by atoms with Gasteiger partial charge in [-0.2, -0.15) is 0 Å². The van der Waals surface area contributed by atoms with Crippen LogP contribution in [0.3, 0.4) is 0 Å². The number of aryl methyl sites for hydroxylation is 2. The van der Waals surface area contributed by atoms with Gasteiger partial charge in [0.05, 0.1) is 0 Å². The quantitative estimate of drug-likeness (QED) is 0.492. The molecule has 0 N–H and O–H groups in total. The van der Waals surface area contributed by atoms with Crippen LogP contribution in [0.2, 0.25) is 0 Å². The fraction of sp³-hybridized carbons (Fsp3) is 0.238. The van der Waals surface area contributed by atoms with Gasteiger partial charge in [-0.3, -0.25) is 4.98 Å². The first-order valence-corrected chi connectivity index (χ1v) is 8.32. The van der Waals surface area contributed by atoms with E-state index in [-0.39, 0.29) is 0 Å². The third-order valence-electron chi connectivity index (χ3n) is 4.67. The maximum absolute atomic E-state index is 5.94. The molecule has 0 aliphatic carbocycles. The van der Waals surface area contributed by atoms with E-state index in [9.17, 15) is 0 Å². The van der Waals surface area contributed by atoms with Crippen LogP contribution in [0.25, 0.3) is 33.3 Å². The molecule has 1 aromatic carbocycles. The minimum absolute atomic E-state index is 0.524. The zero-order valence-electron chi connectivity index (χ0n) is 14.5. The highest BCUT2D eigenvalue weighted by molar-refractivity contribution is 6.04. The molecule has 24 heavy (non-hydrogen) atoms. The van der Waals surface area contributed by atoms with Crippen molar-refractivity contribution in [2.75, 3.05) is 0 Å². The summed E-state index contributed by atoms with van der Waals surface area (Å²) >= 11 is 0. The van der Waals surface area contributed by atoms with E-state index in [4.69, 9.17) is 4.42 Å². The van der Waals surface area contributed by atoms with Crippen molar-refractivity contribution < 1.29 is 8.98 Å². The Morgan fingerprint density at radius 3 is 2.67 bits per heavy atom. The maximum atomic E-state index is 5.94. The van der Waals surface area contributed by atoms with Crippen molar-refractivity contribution in [3.63, 3.8) is 0 Å². The molecular formula is C21H21N2O+. The van der Waals surface area contributed by atoms with Crippen molar-refractivity contribution in [3.05, 3.63) is 59.9 Å². The number of nitrogens with zero attached hydrogens (tertiary/aromatic N) is 2. The van der Waals surface area contributed by atoms with Crippen molar-refractivity contribution in [2.24, 2.45) is 7.05 Å². The molecule has 0 bridgehead atoms. The van der Waals surface area contributed by atoms with Crippen LogP contribution in [0.1, 0.15) is 30.9 Å². The molecule has 0 saturated heterocycles. The van der Waals surface area contributed by atoms with Gasteiger partial charge in [0.25, 0.3) is 0 Å². The number of hydrogen-bond donors (Lipinski definition) is 0. The van der Waals surface area contributed by atoms with Gasteiger partial charge in [0.15, 0.2) is 11.8 Å². The highest BCUT2D eigenvalue weighted by Crippen LogP contribution is 2.32. The number of pyridine rings is 2. The second-order valence-corrected chi connectivity index (χ2v) is 6.73. The lowest BCUT2D eigenvalue weighted by molar-refractivity contribution is -0.660. The van der Waals surface area contributed by atoms with Crippen molar-refractivity contribution >= 4 is 22.1 Å². The molecule has 0 spiro atoms. The Bertz CT molecular complexity index is 1060. The van der Waals surface area contributed by atoms with Crippen LogP contribution in [-0.4, -0.2) is 4.98 Å². The first-order valence-electron chi connectivity index (χ1n) is 8.32. The average Bonchev–Trinajstić information content (AvgIpc) is 2.91. The molecule has 0 amide bonds. The zero-order chi connectivity index (χ0) is 16.8. The molecule has 3 heteroatoms. The van der Waals surface area contributed by atoms with Crippen LogP contribution < -0.4 is 4.57 Å². The molecule has 3 heterocycles. The monoisotopic (exact) mass is 317 g/mol. The second kappa shape index (κ2) is 5.45. The second-order valence-electron chi connectivity index (χ2n) is 6.73. The lowest BCUT2D eigenvalue weighted by Gasteiger charge is -2.08. The summed E-state index contributed by atoms with van der Waals surface area (Å²) in [5.41, 5.74) is 7.62. The molecule has 0 atom stereocenters. The molecule has 4 aromatic rings. The molecule has 4 rings (SSSR count). The number of furan rings is 1. The Hall–Kier alpha value is -2.68. The first kappa shape index (κ1) is 14.9. The SMILES string of the molecule is Cc1cc2oc3cccnc3c2cc1-c1ccc(C(C)C)c[n+]1C. The Balaban J connectivity index is 1.96. The highest BCUT2D eigenvalue weighted by Gasteiger charge is 2.17. The van der Waals surface area contributed by atoms with Crippen molar-refractivity contribution in [2.45, 2.75) is 26.7 Å². The average molecular weight is 317 g/mol. The number of hydrogen-bond acceptors (Lipinski definition) is 2. The van der Waals surface area contributed by atoms with E-state index in [0.29, 0.717) is 5.92 Å². The predicted molar refractivity (Wildman–Crippen MR) is 97.0 cm³/mol. The van der Waals surface area contributed by atoms with E-state index >= 15 is 0 Å². The standard InChI is InChI=1S/C21H21N2O/c1-13(2)15-7-8-18(23(4)12-15)16-11-17-20(10-14(16)3)24-19-6-5-9-22-21(17)19/h5-13H,1-4H3/q+1. The summed E-state index contributed by atoms with van der Waals surface area (Å²) in [6.45, 7) is 6.57. The topological polar surface area (TPSA) is 29.9 Å². The Morgan fingerprint density at radius 2 is 1.92 bits per heavy atom. The fourth-order valence-corrected chi connectivity index (χ4v) is 3.27. The van der Waals surface area contributed by atoms with Gasteiger partial charge in [-0.15, -0.1) is 0 Å². The van der Waals surface area contributed by atoms with E-state index in [1.165, 1.54) is 22.4 Å². The smallest absolute Gasteiger partial charge is 0.212 e. The van der Waals surface area contributed by atoms with Gasteiger partial charge in [-0.25, -0.2) is 4.57 Å². The van der Waals surface area contributed by atoms with Gasteiger partial charge in [0, 0.05) is 28.8 Å². The Morgan fingerprint density at radius 1 is 1.08 bits per heavy atom. The summed E-state index contributed by atoms with van der Waals surface area (Å²) in [5, 5.41) is 1.07. The molecule has 3 aromatic heterocycles. The van der Waals surface area contributed by atoms with Crippen LogP contribution in [0.4, 0.5) is 0 Å². The van der Waals surface area contributed by atoms with Crippen LogP contribution in [-0.2, 0) is 7.05 Å². The molecule has 120 valence electrons. The van der Waals surface area contributed by atoms with Crippen molar-refractivity contribution in [3.8, 4) is 11.3 Å². The molecule has 0 aliphatic rings. The number of aromatic nitrogens is 2. The normalized spacial score (nSPS) is 11.7. The third kappa shape index (κ3) is 2.28. The maximum Gasteiger partial charge on any atom is 0.212 e. The van der Waals surface area contributed by atoms with Crippen LogP contribution in [0, 0.1) is 6.92 Å². The third-order valence-corrected chi connectivity index (χ3v) is 4.67. The zero-order valence-corrected chi connectivity index (χ0v) is 14.5. The van der Waals surface area contributed by atoms with Crippen molar-refractivity contribution in [1.82, 2.24) is 4.98 Å². The lowest BCUT2D eigenvalue weighted by atomic mass is 10.00. The summed E-state index contributed by atoms with van der Waals surface area (Å²) in [6.07, 6.45) is 4.03. The molecule has 0 unspecified atom stereocenters. The van der Waals surface area contributed by atoms with Gasteiger partial charge in [0.1, 0.15) is 18.1 Å². The summed E-state index contributed by atoms with van der Waals surface area (Å²) in [6, 6.07) is 12.6. The number of benzene rings is 1. The highest BCUT2D eigenvalue weighted by atomic mass is 16.3. The Labute approximate surface area is 141 Å². The van der Waals surface area contributed by atoms with Crippen molar-refractivity contribution in [1.29, 1.82) is 0 Å². The largest absolute Gasteiger partial charge is 0.454 e. The van der Waals surface area contributed by atoms with E-state index in [1.54, 1.807) is 0 Å². The van der Waals surface area contributed by atoms with Crippen LogP contribution in [0.15, 0.2) is 53.2 Å². The van der Waals surface area contributed by atoms with E-state index in [2.05, 4.69) is 67.8 Å².